The Kier molecular flexibility index (Phi) is 9.62. The van der Waals surface area contributed by atoms with E-state index >= 15 is 0 Å². The van der Waals surface area contributed by atoms with E-state index in [1.54, 1.807) is 44.4 Å². The minimum atomic E-state index is -0.693. The summed E-state index contributed by atoms with van der Waals surface area (Å²) in [4.78, 5) is 27.4. The SMILES string of the molecule is COc1ccc(CC(=O)N(Cc2ccc(Cl)cc2)C(C)C(=O)NCCCO)cc1OC. The maximum atomic E-state index is 13.2. The van der Waals surface area contributed by atoms with Crippen molar-refractivity contribution < 1.29 is 24.2 Å². The third kappa shape index (κ3) is 7.15. The molecule has 2 N–H and O–H groups in total. The molecular weight excluding hydrogens is 420 g/mol. The highest BCUT2D eigenvalue weighted by Crippen LogP contribution is 2.28. The number of halogens is 1. The van der Waals surface area contributed by atoms with Gasteiger partial charge in [0, 0.05) is 24.7 Å². The Morgan fingerprint density at radius 2 is 1.71 bits per heavy atom. The number of nitrogens with one attached hydrogen (secondary N) is 1. The second kappa shape index (κ2) is 12.2. The molecule has 0 aliphatic carbocycles. The molecule has 0 spiro atoms. The first-order valence-corrected chi connectivity index (χ1v) is 10.4. The van der Waals surface area contributed by atoms with Crippen LogP contribution in [0.2, 0.25) is 5.02 Å². The van der Waals surface area contributed by atoms with Crippen molar-refractivity contribution in [2.45, 2.75) is 32.4 Å². The number of aliphatic hydroxyl groups excluding tert-OH is 1. The number of benzene rings is 2. The van der Waals surface area contributed by atoms with Gasteiger partial charge in [-0.05, 0) is 48.7 Å². The number of methoxy groups -OCH3 is 2. The van der Waals surface area contributed by atoms with Crippen LogP contribution in [0, 0.1) is 0 Å². The average molecular weight is 449 g/mol. The molecule has 1 atom stereocenters. The summed E-state index contributed by atoms with van der Waals surface area (Å²) < 4.78 is 10.6. The average Bonchev–Trinajstić information content (AvgIpc) is 2.78. The Morgan fingerprint density at radius 3 is 2.32 bits per heavy atom. The minimum Gasteiger partial charge on any atom is -0.493 e. The van der Waals surface area contributed by atoms with E-state index in [4.69, 9.17) is 26.2 Å². The molecule has 1 unspecified atom stereocenters. The summed E-state index contributed by atoms with van der Waals surface area (Å²) in [6, 6.07) is 11.8. The van der Waals surface area contributed by atoms with Crippen LogP contribution in [-0.2, 0) is 22.6 Å². The summed E-state index contributed by atoms with van der Waals surface area (Å²) in [5, 5.41) is 12.3. The molecule has 0 aliphatic rings. The number of rotatable bonds is 11. The molecule has 0 heterocycles. The van der Waals surface area contributed by atoms with Gasteiger partial charge in [0.05, 0.1) is 20.6 Å². The van der Waals surface area contributed by atoms with Gasteiger partial charge in [0.2, 0.25) is 11.8 Å². The summed E-state index contributed by atoms with van der Waals surface area (Å²) in [6.45, 7) is 2.29. The van der Waals surface area contributed by atoms with E-state index in [-0.39, 0.29) is 31.4 Å². The second-order valence-corrected chi connectivity index (χ2v) is 7.49. The molecule has 2 aromatic carbocycles. The first-order chi connectivity index (χ1) is 14.9. The maximum absolute atomic E-state index is 13.2. The molecule has 0 aliphatic heterocycles. The van der Waals surface area contributed by atoms with E-state index in [9.17, 15) is 9.59 Å². The highest BCUT2D eigenvalue weighted by atomic mass is 35.5. The van der Waals surface area contributed by atoms with E-state index in [1.807, 2.05) is 12.1 Å². The normalized spacial score (nSPS) is 11.5. The highest BCUT2D eigenvalue weighted by molar-refractivity contribution is 6.30. The van der Waals surface area contributed by atoms with Gasteiger partial charge < -0.3 is 24.8 Å². The third-order valence-corrected chi connectivity index (χ3v) is 5.12. The van der Waals surface area contributed by atoms with E-state index in [1.165, 1.54) is 12.0 Å². The van der Waals surface area contributed by atoms with Crippen molar-refractivity contribution >= 4 is 23.4 Å². The number of amides is 2. The Balaban J connectivity index is 2.22. The molecule has 0 saturated carbocycles. The fourth-order valence-corrected chi connectivity index (χ4v) is 3.20. The van der Waals surface area contributed by atoms with Gasteiger partial charge in [-0.2, -0.15) is 0 Å². The molecule has 0 radical (unpaired) electrons. The quantitative estimate of drug-likeness (QED) is 0.516. The molecule has 2 amide bonds. The Labute approximate surface area is 187 Å². The van der Waals surface area contributed by atoms with Crippen LogP contribution in [0.5, 0.6) is 11.5 Å². The molecule has 31 heavy (non-hydrogen) atoms. The van der Waals surface area contributed by atoms with E-state index < -0.39 is 6.04 Å². The smallest absolute Gasteiger partial charge is 0.242 e. The summed E-state index contributed by atoms with van der Waals surface area (Å²) in [7, 11) is 3.09. The Hall–Kier alpha value is -2.77. The van der Waals surface area contributed by atoms with E-state index in [0.717, 1.165) is 11.1 Å². The van der Waals surface area contributed by atoms with Crippen molar-refractivity contribution in [1.82, 2.24) is 10.2 Å². The lowest BCUT2D eigenvalue weighted by Gasteiger charge is -2.29. The van der Waals surface area contributed by atoms with E-state index in [0.29, 0.717) is 29.5 Å². The molecule has 0 bridgehead atoms. The minimum absolute atomic E-state index is 0.0125. The second-order valence-electron chi connectivity index (χ2n) is 7.06. The zero-order valence-electron chi connectivity index (χ0n) is 18.1. The van der Waals surface area contributed by atoms with Gasteiger partial charge in [0.25, 0.3) is 0 Å². The van der Waals surface area contributed by atoms with Crippen molar-refractivity contribution in [2.24, 2.45) is 0 Å². The number of carbonyl (C=O) groups excluding carboxylic acids is 2. The monoisotopic (exact) mass is 448 g/mol. The topological polar surface area (TPSA) is 88.1 Å². The number of nitrogens with zero attached hydrogens (tertiary/aromatic N) is 1. The lowest BCUT2D eigenvalue weighted by atomic mass is 10.1. The third-order valence-electron chi connectivity index (χ3n) is 4.87. The first kappa shape index (κ1) is 24.5. The van der Waals surface area contributed by atoms with Crippen LogP contribution in [0.1, 0.15) is 24.5 Å². The summed E-state index contributed by atoms with van der Waals surface area (Å²) in [5.74, 6) is 0.634. The molecule has 7 nitrogen and oxygen atoms in total. The number of aliphatic hydroxyl groups is 1. The van der Waals surface area contributed by atoms with Gasteiger partial charge in [-0.3, -0.25) is 9.59 Å². The van der Waals surface area contributed by atoms with Gasteiger partial charge in [0.15, 0.2) is 11.5 Å². The van der Waals surface area contributed by atoms with Crippen LogP contribution in [0.25, 0.3) is 0 Å². The summed E-state index contributed by atoms with van der Waals surface area (Å²) >= 11 is 5.97. The lowest BCUT2D eigenvalue weighted by molar-refractivity contribution is -0.140. The largest absolute Gasteiger partial charge is 0.493 e. The van der Waals surface area contributed by atoms with Gasteiger partial charge >= 0.3 is 0 Å². The van der Waals surface area contributed by atoms with Crippen molar-refractivity contribution in [3.8, 4) is 11.5 Å². The van der Waals surface area contributed by atoms with E-state index in [2.05, 4.69) is 5.32 Å². The Morgan fingerprint density at radius 1 is 1.06 bits per heavy atom. The van der Waals surface area contributed by atoms with Crippen molar-refractivity contribution in [2.75, 3.05) is 27.4 Å². The molecule has 168 valence electrons. The predicted octanol–water partition coefficient (Wildman–Crippen LogP) is 2.82. The zero-order chi connectivity index (χ0) is 22.8. The first-order valence-electron chi connectivity index (χ1n) is 10.0. The molecule has 2 rings (SSSR count). The van der Waals surface area contributed by atoms with Crippen LogP contribution in [0.3, 0.4) is 0 Å². The van der Waals surface area contributed by atoms with Crippen molar-refractivity contribution in [1.29, 1.82) is 0 Å². The molecule has 0 saturated heterocycles. The number of hydrogen-bond acceptors (Lipinski definition) is 5. The van der Waals surface area contributed by atoms with Crippen molar-refractivity contribution in [3.05, 3.63) is 58.6 Å². The van der Waals surface area contributed by atoms with Gasteiger partial charge in [-0.1, -0.05) is 29.8 Å². The molecule has 0 fully saturated rings. The number of hydrogen-bond donors (Lipinski definition) is 2. The van der Waals surface area contributed by atoms with Crippen LogP contribution >= 0.6 is 11.6 Å². The summed E-state index contributed by atoms with van der Waals surface area (Å²) in [6.07, 6.45) is 0.553. The molecular formula is C23H29ClN2O5. The van der Waals surface area contributed by atoms with Gasteiger partial charge in [0.1, 0.15) is 6.04 Å². The van der Waals surface area contributed by atoms with Crippen LogP contribution in [0.4, 0.5) is 0 Å². The van der Waals surface area contributed by atoms with Crippen LogP contribution in [0.15, 0.2) is 42.5 Å². The van der Waals surface area contributed by atoms with Gasteiger partial charge in [-0.25, -0.2) is 0 Å². The van der Waals surface area contributed by atoms with Crippen molar-refractivity contribution in [3.63, 3.8) is 0 Å². The standard InChI is InChI=1S/C23H29ClN2O5/c1-16(23(29)25-11-4-12-27)26(15-17-5-8-19(24)9-6-17)22(28)14-18-7-10-20(30-2)21(13-18)31-3/h5-10,13,16,27H,4,11-12,14-15H2,1-3H3,(H,25,29). The Bertz CT molecular complexity index is 873. The fraction of sp³-hybridized carbons (Fsp3) is 0.391. The predicted molar refractivity (Wildman–Crippen MR) is 119 cm³/mol. The van der Waals surface area contributed by atoms with Crippen LogP contribution < -0.4 is 14.8 Å². The highest BCUT2D eigenvalue weighted by Gasteiger charge is 2.26. The fourth-order valence-electron chi connectivity index (χ4n) is 3.07. The van der Waals surface area contributed by atoms with Crippen LogP contribution in [-0.4, -0.2) is 55.2 Å². The maximum Gasteiger partial charge on any atom is 0.242 e. The van der Waals surface area contributed by atoms with Gasteiger partial charge in [-0.15, -0.1) is 0 Å². The molecule has 2 aromatic rings. The summed E-state index contributed by atoms with van der Waals surface area (Å²) in [5.41, 5.74) is 1.61. The molecule has 0 aromatic heterocycles. The number of ether oxygens (including phenoxy) is 2. The molecule has 8 heteroatoms. The number of carbonyl (C=O) groups is 2. The zero-order valence-corrected chi connectivity index (χ0v) is 18.8. The lowest BCUT2D eigenvalue weighted by Crippen LogP contribution is -2.48.